The first-order valence-corrected chi connectivity index (χ1v) is 10.1. The Balaban J connectivity index is 1.37. The summed E-state index contributed by atoms with van der Waals surface area (Å²) in [6.45, 7) is -0.336. The molecule has 0 radical (unpaired) electrons. The van der Waals surface area contributed by atoms with Gasteiger partial charge in [-0.05, 0) is 54.7 Å². The molecule has 1 atom stereocenters. The minimum absolute atomic E-state index is 0.0464. The lowest BCUT2D eigenvalue weighted by molar-refractivity contribution is -0.125. The number of aryl methyl sites for hydroxylation is 1. The van der Waals surface area contributed by atoms with Crippen molar-refractivity contribution in [2.75, 3.05) is 6.61 Å². The first kappa shape index (κ1) is 19.7. The highest BCUT2D eigenvalue weighted by molar-refractivity contribution is 5.94. The van der Waals surface area contributed by atoms with Crippen LogP contribution < -0.4 is 10.1 Å². The van der Waals surface area contributed by atoms with Crippen molar-refractivity contribution in [3.8, 4) is 11.5 Å². The lowest BCUT2D eigenvalue weighted by Gasteiger charge is -2.26. The van der Waals surface area contributed by atoms with Crippen LogP contribution in [0.1, 0.15) is 40.4 Å². The monoisotopic (exact) mass is 401 g/mol. The van der Waals surface area contributed by atoms with Crippen LogP contribution in [0.2, 0.25) is 0 Å². The molecule has 0 unspecified atom stereocenters. The normalized spacial score (nSPS) is 15.0. The Bertz CT molecular complexity index is 1030. The number of hydrogen-bond acceptors (Lipinski definition) is 4. The quantitative estimate of drug-likeness (QED) is 0.601. The Hall–Kier alpha value is -3.60. The zero-order valence-electron chi connectivity index (χ0n) is 16.5. The number of rotatable bonds is 6. The third-order valence-corrected chi connectivity index (χ3v) is 5.12. The molecule has 1 N–H and O–H groups in total. The molecule has 3 aromatic rings. The summed E-state index contributed by atoms with van der Waals surface area (Å²) in [5.74, 6) is 0.0917. The number of nitrogens with one attached hydrogen (secondary N) is 1. The minimum Gasteiger partial charge on any atom is -0.456 e. The van der Waals surface area contributed by atoms with Gasteiger partial charge in [0.1, 0.15) is 17.1 Å². The van der Waals surface area contributed by atoms with Gasteiger partial charge in [-0.3, -0.25) is 4.79 Å². The van der Waals surface area contributed by atoms with Gasteiger partial charge >= 0.3 is 5.97 Å². The Morgan fingerprint density at radius 2 is 1.63 bits per heavy atom. The van der Waals surface area contributed by atoms with E-state index in [1.807, 2.05) is 36.4 Å². The van der Waals surface area contributed by atoms with Crippen LogP contribution in [0.15, 0.2) is 78.9 Å². The van der Waals surface area contributed by atoms with Gasteiger partial charge in [0.2, 0.25) is 0 Å². The molecule has 3 aromatic carbocycles. The van der Waals surface area contributed by atoms with E-state index in [0.717, 1.165) is 24.8 Å². The molecule has 0 saturated heterocycles. The number of esters is 1. The molecular formula is C25H23NO4. The highest BCUT2D eigenvalue weighted by Crippen LogP contribution is 2.29. The van der Waals surface area contributed by atoms with Crippen LogP contribution in [0.5, 0.6) is 11.5 Å². The minimum atomic E-state index is -0.597. The zero-order valence-corrected chi connectivity index (χ0v) is 16.5. The van der Waals surface area contributed by atoms with Crippen molar-refractivity contribution in [2.24, 2.45) is 0 Å². The van der Waals surface area contributed by atoms with Crippen LogP contribution in [0.3, 0.4) is 0 Å². The van der Waals surface area contributed by atoms with E-state index in [-0.39, 0.29) is 24.1 Å². The van der Waals surface area contributed by atoms with Gasteiger partial charge in [0, 0.05) is 0 Å². The second kappa shape index (κ2) is 9.27. The van der Waals surface area contributed by atoms with E-state index in [0.29, 0.717) is 11.5 Å². The van der Waals surface area contributed by atoms with Crippen molar-refractivity contribution in [1.29, 1.82) is 0 Å². The van der Waals surface area contributed by atoms with Crippen molar-refractivity contribution >= 4 is 11.9 Å². The summed E-state index contributed by atoms with van der Waals surface area (Å²) >= 11 is 0. The second-order valence-corrected chi connectivity index (χ2v) is 7.20. The molecule has 152 valence electrons. The van der Waals surface area contributed by atoms with E-state index >= 15 is 0 Å². The number of carbonyl (C=O) groups excluding carboxylic acids is 2. The predicted molar refractivity (Wildman–Crippen MR) is 114 cm³/mol. The van der Waals surface area contributed by atoms with E-state index in [9.17, 15) is 9.59 Å². The zero-order chi connectivity index (χ0) is 20.8. The lowest BCUT2D eigenvalue weighted by atomic mass is 9.88. The molecule has 30 heavy (non-hydrogen) atoms. The third-order valence-electron chi connectivity index (χ3n) is 5.12. The van der Waals surface area contributed by atoms with Gasteiger partial charge in [0.05, 0.1) is 6.04 Å². The molecular weight excluding hydrogens is 378 g/mol. The predicted octanol–water partition coefficient (Wildman–Crippen LogP) is 4.83. The largest absolute Gasteiger partial charge is 0.456 e. The molecule has 1 amide bonds. The van der Waals surface area contributed by atoms with Crippen molar-refractivity contribution in [1.82, 2.24) is 5.32 Å². The average molecular weight is 401 g/mol. The van der Waals surface area contributed by atoms with Crippen LogP contribution in [0.4, 0.5) is 0 Å². The fourth-order valence-electron chi connectivity index (χ4n) is 3.69. The maximum Gasteiger partial charge on any atom is 0.342 e. The maximum absolute atomic E-state index is 12.6. The lowest BCUT2D eigenvalue weighted by Crippen LogP contribution is -2.34. The molecule has 0 aromatic heterocycles. The molecule has 0 saturated carbocycles. The summed E-state index contributed by atoms with van der Waals surface area (Å²) < 4.78 is 11.1. The molecule has 0 heterocycles. The molecule has 4 rings (SSSR count). The molecule has 1 aliphatic carbocycles. The van der Waals surface area contributed by atoms with E-state index in [1.165, 1.54) is 5.56 Å². The van der Waals surface area contributed by atoms with Gasteiger partial charge in [-0.15, -0.1) is 0 Å². The SMILES string of the molecule is O=C(COC(=O)c1ccccc1Oc1ccccc1)N[C@H]1CCCc2ccccc21. The third kappa shape index (κ3) is 4.69. The number of amides is 1. The van der Waals surface area contributed by atoms with Gasteiger partial charge in [-0.1, -0.05) is 54.6 Å². The number of para-hydroxylation sites is 2. The van der Waals surface area contributed by atoms with E-state index in [4.69, 9.17) is 9.47 Å². The summed E-state index contributed by atoms with van der Waals surface area (Å²) in [7, 11) is 0. The Labute approximate surface area is 175 Å². The standard InChI is InChI=1S/C25H23NO4/c27-24(26-22-15-8-10-18-9-4-5-13-20(18)22)17-29-25(28)21-14-6-7-16-23(21)30-19-11-2-1-3-12-19/h1-7,9,11-14,16,22H,8,10,15,17H2,(H,26,27)/t22-/m0/s1. The second-order valence-electron chi connectivity index (χ2n) is 7.20. The molecule has 5 nitrogen and oxygen atoms in total. The number of hydrogen-bond donors (Lipinski definition) is 1. The smallest absolute Gasteiger partial charge is 0.342 e. The summed E-state index contributed by atoms with van der Waals surface area (Å²) in [5.41, 5.74) is 2.68. The van der Waals surface area contributed by atoms with Crippen LogP contribution >= 0.6 is 0 Å². The van der Waals surface area contributed by atoms with Gasteiger partial charge < -0.3 is 14.8 Å². The van der Waals surface area contributed by atoms with Crippen molar-refractivity contribution in [3.05, 3.63) is 95.6 Å². The average Bonchev–Trinajstić information content (AvgIpc) is 2.79. The Kier molecular flexibility index (Phi) is 6.09. The van der Waals surface area contributed by atoms with Gasteiger partial charge in [-0.25, -0.2) is 4.79 Å². The van der Waals surface area contributed by atoms with Gasteiger partial charge in [0.25, 0.3) is 5.91 Å². The maximum atomic E-state index is 12.6. The topological polar surface area (TPSA) is 64.6 Å². The van der Waals surface area contributed by atoms with Crippen LogP contribution in [-0.4, -0.2) is 18.5 Å². The number of benzene rings is 3. The Morgan fingerprint density at radius 3 is 2.50 bits per heavy atom. The molecule has 0 aliphatic heterocycles. The van der Waals surface area contributed by atoms with Crippen LogP contribution in [-0.2, 0) is 16.0 Å². The van der Waals surface area contributed by atoms with Gasteiger partial charge in [0.15, 0.2) is 6.61 Å². The highest BCUT2D eigenvalue weighted by atomic mass is 16.5. The molecule has 0 spiro atoms. The Morgan fingerprint density at radius 1 is 0.900 bits per heavy atom. The van der Waals surface area contributed by atoms with Crippen LogP contribution in [0, 0.1) is 0 Å². The number of ether oxygens (including phenoxy) is 2. The van der Waals surface area contributed by atoms with Crippen molar-refractivity contribution in [2.45, 2.75) is 25.3 Å². The number of carbonyl (C=O) groups is 2. The summed E-state index contributed by atoms with van der Waals surface area (Å²) in [5, 5.41) is 2.99. The molecule has 5 heteroatoms. The molecule has 0 fully saturated rings. The highest BCUT2D eigenvalue weighted by Gasteiger charge is 2.22. The summed E-state index contributed by atoms with van der Waals surface area (Å²) in [6.07, 6.45) is 2.92. The fraction of sp³-hybridized carbons (Fsp3) is 0.200. The summed E-state index contributed by atoms with van der Waals surface area (Å²) in [6, 6.07) is 24.1. The first-order valence-electron chi connectivity index (χ1n) is 10.1. The van der Waals surface area contributed by atoms with E-state index in [2.05, 4.69) is 11.4 Å². The van der Waals surface area contributed by atoms with E-state index < -0.39 is 5.97 Å². The van der Waals surface area contributed by atoms with Crippen molar-refractivity contribution < 1.29 is 19.1 Å². The molecule has 0 bridgehead atoms. The fourth-order valence-corrected chi connectivity index (χ4v) is 3.69. The number of fused-ring (bicyclic) bond motifs is 1. The summed E-state index contributed by atoms with van der Waals surface area (Å²) in [4.78, 5) is 25.0. The van der Waals surface area contributed by atoms with Crippen LogP contribution in [0.25, 0.3) is 0 Å². The van der Waals surface area contributed by atoms with E-state index in [1.54, 1.807) is 36.4 Å². The van der Waals surface area contributed by atoms with Crippen molar-refractivity contribution in [3.63, 3.8) is 0 Å². The van der Waals surface area contributed by atoms with Gasteiger partial charge in [-0.2, -0.15) is 0 Å². The first-order chi connectivity index (χ1) is 14.7. The molecule has 1 aliphatic rings.